The second kappa shape index (κ2) is 4.76. The molecule has 1 fully saturated rings. The van der Waals surface area contributed by atoms with E-state index in [1.54, 1.807) is 0 Å². The van der Waals surface area contributed by atoms with E-state index in [2.05, 4.69) is 18.1 Å². The van der Waals surface area contributed by atoms with Crippen molar-refractivity contribution in [3.8, 4) is 0 Å². The molecular weight excluding hydrogens is 224 g/mol. The average Bonchev–Trinajstić information content (AvgIpc) is 2.88. The van der Waals surface area contributed by atoms with Crippen molar-refractivity contribution in [3.05, 3.63) is 17.5 Å². The van der Waals surface area contributed by atoms with Crippen LogP contribution in [-0.2, 0) is 24.6 Å². The van der Waals surface area contributed by atoms with E-state index in [1.165, 1.54) is 5.69 Å². The van der Waals surface area contributed by atoms with Gasteiger partial charge in [0.15, 0.2) is 0 Å². The van der Waals surface area contributed by atoms with E-state index in [0.717, 1.165) is 38.2 Å². The van der Waals surface area contributed by atoms with Gasteiger partial charge in [-0.2, -0.15) is 5.10 Å². The van der Waals surface area contributed by atoms with Gasteiger partial charge in [-0.15, -0.1) is 11.6 Å². The Bertz CT molecular complexity index is 356. The first-order chi connectivity index (χ1) is 7.69. The van der Waals surface area contributed by atoms with E-state index in [4.69, 9.17) is 16.3 Å². The molecule has 2 heterocycles. The van der Waals surface area contributed by atoms with Gasteiger partial charge in [-0.25, -0.2) is 0 Å². The number of alkyl halides is 1. The summed E-state index contributed by atoms with van der Waals surface area (Å²) in [7, 11) is 2.01. The number of aromatic nitrogens is 2. The highest BCUT2D eigenvalue weighted by atomic mass is 35.5. The van der Waals surface area contributed by atoms with Gasteiger partial charge in [-0.1, -0.05) is 6.92 Å². The van der Waals surface area contributed by atoms with Crippen LogP contribution in [0.3, 0.4) is 0 Å². The van der Waals surface area contributed by atoms with Gasteiger partial charge >= 0.3 is 0 Å². The second-order valence-corrected chi connectivity index (χ2v) is 4.98. The van der Waals surface area contributed by atoms with Crippen LogP contribution >= 0.6 is 11.6 Å². The first-order valence-corrected chi connectivity index (χ1v) is 6.38. The van der Waals surface area contributed by atoms with Crippen molar-refractivity contribution in [2.45, 2.75) is 26.2 Å². The van der Waals surface area contributed by atoms with Gasteiger partial charge in [0.1, 0.15) is 0 Å². The zero-order valence-electron chi connectivity index (χ0n) is 10.0. The van der Waals surface area contributed by atoms with E-state index in [9.17, 15) is 0 Å². The van der Waals surface area contributed by atoms with E-state index in [0.29, 0.717) is 5.88 Å². The molecule has 16 heavy (non-hydrogen) atoms. The summed E-state index contributed by atoms with van der Waals surface area (Å²) < 4.78 is 7.46. The first-order valence-electron chi connectivity index (χ1n) is 5.84. The topological polar surface area (TPSA) is 27.1 Å². The van der Waals surface area contributed by atoms with Crippen LogP contribution in [0.2, 0.25) is 0 Å². The zero-order chi connectivity index (χ0) is 11.6. The summed E-state index contributed by atoms with van der Waals surface area (Å²) in [6.07, 6.45) is 3.02. The van der Waals surface area contributed by atoms with Gasteiger partial charge in [0.05, 0.1) is 12.3 Å². The van der Waals surface area contributed by atoms with Crippen molar-refractivity contribution in [2.75, 3.05) is 19.1 Å². The standard InChI is InChI=1S/C12H19ClN2O/c1-3-10-6-11(15(2)14-10)7-12(8-13)4-5-16-9-12/h6H,3-5,7-9H2,1-2H3. The lowest BCUT2D eigenvalue weighted by molar-refractivity contribution is 0.160. The largest absolute Gasteiger partial charge is 0.381 e. The summed E-state index contributed by atoms with van der Waals surface area (Å²) in [5, 5.41) is 4.47. The SMILES string of the molecule is CCc1cc(CC2(CCl)CCOC2)n(C)n1. The van der Waals surface area contributed by atoms with E-state index >= 15 is 0 Å². The molecule has 1 aliphatic heterocycles. The van der Waals surface area contributed by atoms with Crippen LogP contribution in [0, 0.1) is 5.41 Å². The molecule has 2 rings (SSSR count). The lowest BCUT2D eigenvalue weighted by Crippen LogP contribution is -2.27. The molecule has 0 aliphatic carbocycles. The molecule has 1 atom stereocenters. The summed E-state index contributed by atoms with van der Waals surface area (Å²) >= 11 is 6.10. The number of hydrogen-bond donors (Lipinski definition) is 0. The average molecular weight is 243 g/mol. The maximum absolute atomic E-state index is 6.10. The van der Waals surface area contributed by atoms with Crippen LogP contribution in [-0.4, -0.2) is 28.9 Å². The number of nitrogens with zero attached hydrogens (tertiary/aromatic N) is 2. The molecule has 0 bridgehead atoms. The van der Waals surface area contributed by atoms with E-state index < -0.39 is 0 Å². The summed E-state index contributed by atoms with van der Waals surface area (Å²) in [6.45, 7) is 3.75. The fourth-order valence-electron chi connectivity index (χ4n) is 2.24. The normalized spacial score (nSPS) is 25.2. The fourth-order valence-corrected chi connectivity index (χ4v) is 2.54. The number of rotatable bonds is 4. The Morgan fingerprint density at radius 2 is 2.44 bits per heavy atom. The predicted molar refractivity (Wildman–Crippen MR) is 64.9 cm³/mol. The molecule has 0 radical (unpaired) electrons. The third kappa shape index (κ3) is 2.25. The van der Waals surface area contributed by atoms with Gasteiger partial charge in [0.2, 0.25) is 0 Å². The van der Waals surface area contributed by atoms with Crippen LogP contribution in [0.25, 0.3) is 0 Å². The summed E-state index contributed by atoms with van der Waals surface area (Å²) in [6, 6.07) is 2.19. The molecule has 0 N–H and O–H groups in total. The van der Waals surface area contributed by atoms with Crippen molar-refractivity contribution in [2.24, 2.45) is 12.5 Å². The third-order valence-corrected chi connectivity index (χ3v) is 3.98. The summed E-state index contributed by atoms with van der Waals surface area (Å²) in [5.74, 6) is 0.666. The second-order valence-electron chi connectivity index (χ2n) is 4.72. The molecule has 0 aromatic carbocycles. The smallest absolute Gasteiger partial charge is 0.0624 e. The molecule has 1 aliphatic rings. The number of aryl methyl sites for hydroxylation is 2. The molecule has 1 unspecified atom stereocenters. The first kappa shape index (κ1) is 11.9. The molecule has 90 valence electrons. The van der Waals surface area contributed by atoms with E-state index in [1.807, 2.05) is 11.7 Å². The highest BCUT2D eigenvalue weighted by molar-refractivity contribution is 6.18. The number of ether oxygens (including phenoxy) is 1. The third-order valence-electron chi connectivity index (χ3n) is 3.41. The van der Waals surface area contributed by atoms with Crippen LogP contribution in [0.1, 0.15) is 24.7 Å². The monoisotopic (exact) mass is 242 g/mol. The number of halogens is 1. The minimum atomic E-state index is 0.125. The molecule has 1 saturated heterocycles. The molecule has 0 saturated carbocycles. The zero-order valence-corrected chi connectivity index (χ0v) is 10.8. The Hall–Kier alpha value is -0.540. The van der Waals surface area contributed by atoms with Crippen molar-refractivity contribution >= 4 is 11.6 Å². The summed E-state index contributed by atoms with van der Waals surface area (Å²) in [4.78, 5) is 0. The molecular formula is C12H19ClN2O. The van der Waals surface area contributed by atoms with Crippen LogP contribution in [0.5, 0.6) is 0 Å². The lowest BCUT2D eigenvalue weighted by atomic mass is 9.84. The number of hydrogen-bond acceptors (Lipinski definition) is 2. The van der Waals surface area contributed by atoms with Crippen LogP contribution in [0.4, 0.5) is 0 Å². The Balaban J connectivity index is 2.15. The minimum Gasteiger partial charge on any atom is -0.381 e. The Kier molecular flexibility index (Phi) is 3.55. The van der Waals surface area contributed by atoms with Crippen molar-refractivity contribution in [3.63, 3.8) is 0 Å². The van der Waals surface area contributed by atoms with Crippen LogP contribution in [0.15, 0.2) is 6.07 Å². The summed E-state index contributed by atoms with van der Waals surface area (Å²) in [5.41, 5.74) is 2.55. The minimum absolute atomic E-state index is 0.125. The highest BCUT2D eigenvalue weighted by Crippen LogP contribution is 2.33. The van der Waals surface area contributed by atoms with Gasteiger partial charge in [0, 0.05) is 30.6 Å². The molecule has 1 aromatic heterocycles. The maximum atomic E-state index is 6.10. The van der Waals surface area contributed by atoms with Gasteiger partial charge in [0.25, 0.3) is 0 Å². The van der Waals surface area contributed by atoms with Crippen molar-refractivity contribution < 1.29 is 4.74 Å². The Morgan fingerprint density at radius 3 is 2.94 bits per heavy atom. The molecule has 4 heteroatoms. The van der Waals surface area contributed by atoms with Gasteiger partial charge < -0.3 is 4.74 Å². The highest BCUT2D eigenvalue weighted by Gasteiger charge is 2.35. The molecule has 1 aromatic rings. The molecule has 0 amide bonds. The Morgan fingerprint density at radius 1 is 1.62 bits per heavy atom. The van der Waals surface area contributed by atoms with Gasteiger partial charge in [-0.3, -0.25) is 4.68 Å². The molecule has 0 spiro atoms. The van der Waals surface area contributed by atoms with Crippen LogP contribution < -0.4 is 0 Å². The quantitative estimate of drug-likeness (QED) is 0.757. The van der Waals surface area contributed by atoms with Crippen molar-refractivity contribution in [1.82, 2.24) is 9.78 Å². The van der Waals surface area contributed by atoms with Crippen molar-refractivity contribution in [1.29, 1.82) is 0 Å². The fraction of sp³-hybridized carbons (Fsp3) is 0.750. The Labute approximate surface area is 102 Å². The van der Waals surface area contributed by atoms with E-state index in [-0.39, 0.29) is 5.41 Å². The maximum Gasteiger partial charge on any atom is 0.0624 e. The lowest BCUT2D eigenvalue weighted by Gasteiger charge is -2.24. The van der Waals surface area contributed by atoms with Gasteiger partial charge in [-0.05, 0) is 25.3 Å². The molecule has 3 nitrogen and oxygen atoms in total. The predicted octanol–water partition coefficient (Wildman–Crippen LogP) is 2.17.